The van der Waals surface area contributed by atoms with Gasteiger partial charge in [0.15, 0.2) is 9.84 Å². The van der Waals surface area contributed by atoms with Gasteiger partial charge in [-0.1, -0.05) is 30.4 Å². The molecule has 0 bridgehead atoms. The molecule has 0 radical (unpaired) electrons. The van der Waals surface area contributed by atoms with E-state index in [0.29, 0.717) is 0 Å². The van der Waals surface area contributed by atoms with E-state index in [-0.39, 0.29) is 16.7 Å². The smallest absolute Gasteiger partial charge is 0.180 e. The van der Waals surface area contributed by atoms with Crippen LogP contribution in [0.25, 0.3) is 0 Å². The molecule has 0 aliphatic carbocycles. The van der Waals surface area contributed by atoms with E-state index in [1.807, 2.05) is 12.2 Å². The third kappa shape index (κ3) is 3.19. The van der Waals surface area contributed by atoms with E-state index in [1.54, 1.807) is 30.3 Å². The van der Waals surface area contributed by atoms with Crippen molar-refractivity contribution in [2.24, 2.45) is 0 Å². The molecule has 2 N–H and O–H groups in total. The lowest BCUT2D eigenvalue weighted by atomic mass is 10.1. The zero-order chi connectivity index (χ0) is 13.0. The van der Waals surface area contributed by atoms with E-state index in [9.17, 15) is 13.5 Å². The molecule has 2 rings (SSSR count). The Morgan fingerprint density at radius 2 is 2.06 bits per heavy atom. The van der Waals surface area contributed by atoms with E-state index < -0.39 is 15.9 Å². The first-order chi connectivity index (χ1) is 8.59. The van der Waals surface area contributed by atoms with E-state index in [4.69, 9.17) is 0 Å². The first-order valence-corrected chi connectivity index (χ1v) is 7.61. The second-order valence-electron chi connectivity index (χ2n) is 4.36. The van der Waals surface area contributed by atoms with Gasteiger partial charge in [0.1, 0.15) is 0 Å². The van der Waals surface area contributed by atoms with Gasteiger partial charge in [0.05, 0.1) is 22.8 Å². The molecule has 0 fully saturated rings. The largest absolute Gasteiger partial charge is 0.390 e. The van der Waals surface area contributed by atoms with Gasteiger partial charge in [-0.15, -0.1) is 0 Å². The van der Waals surface area contributed by atoms with Gasteiger partial charge >= 0.3 is 0 Å². The molecule has 1 aliphatic heterocycles. The van der Waals surface area contributed by atoms with Gasteiger partial charge < -0.3 is 10.4 Å². The Bertz CT molecular complexity index is 510. The minimum absolute atomic E-state index is 0.254. The van der Waals surface area contributed by atoms with Crippen LogP contribution in [0.5, 0.6) is 0 Å². The Kier molecular flexibility index (Phi) is 4.16. The summed E-state index contributed by atoms with van der Waals surface area (Å²) in [6, 6.07) is 7.94. The Morgan fingerprint density at radius 3 is 2.67 bits per heavy atom. The molecule has 0 saturated carbocycles. The average molecular weight is 267 g/mol. The van der Waals surface area contributed by atoms with Crippen LogP contribution in [0.15, 0.2) is 47.4 Å². The van der Waals surface area contributed by atoms with Crippen LogP contribution in [0.3, 0.4) is 0 Å². The molecule has 1 heterocycles. The Morgan fingerprint density at radius 1 is 1.33 bits per heavy atom. The quantitative estimate of drug-likeness (QED) is 0.790. The maximum Gasteiger partial charge on any atom is 0.180 e. The van der Waals surface area contributed by atoms with Crippen molar-refractivity contribution in [2.75, 3.05) is 12.3 Å². The van der Waals surface area contributed by atoms with Crippen molar-refractivity contribution in [3.05, 3.63) is 42.5 Å². The lowest BCUT2D eigenvalue weighted by molar-refractivity contribution is 0.165. The summed E-state index contributed by atoms with van der Waals surface area (Å²) in [5.41, 5.74) is 0. The predicted molar refractivity (Wildman–Crippen MR) is 70.0 cm³/mol. The molecule has 18 heavy (non-hydrogen) atoms. The third-order valence-corrected chi connectivity index (χ3v) is 4.71. The number of sulfone groups is 1. The summed E-state index contributed by atoms with van der Waals surface area (Å²) < 4.78 is 24.1. The van der Waals surface area contributed by atoms with Crippen molar-refractivity contribution in [3.63, 3.8) is 0 Å². The highest BCUT2D eigenvalue weighted by molar-refractivity contribution is 7.91. The highest BCUT2D eigenvalue weighted by atomic mass is 32.2. The number of rotatable bonds is 4. The zero-order valence-electron chi connectivity index (χ0n) is 9.99. The van der Waals surface area contributed by atoms with Crippen molar-refractivity contribution >= 4 is 9.84 Å². The average Bonchev–Trinajstić information content (AvgIpc) is 2.40. The van der Waals surface area contributed by atoms with Crippen molar-refractivity contribution in [3.8, 4) is 0 Å². The molecule has 5 heteroatoms. The minimum Gasteiger partial charge on any atom is -0.390 e. The fourth-order valence-corrected chi connectivity index (χ4v) is 3.38. The van der Waals surface area contributed by atoms with Gasteiger partial charge in [0, 0.05) is 0 Å². The van der Waals surface area contributed by atoms with Crippen molar-refractivity contribution in [1.82, 2.24) is 5.32 Å². The number of aliphatic hydroxyl groups excluding tert-OH is 1. The molecule has 4 nitrogen and oxygen atoms in total. The number of hydrogen-bond donors (Lipinski definition) is 2. The first kappa shape index (κ1) is 13.3. The van der Waals surface area contributed by atoms with Crippen LogP contribution in [-0.4, -0.2) is 38.0 Å². The fraction of sp³-hybridized carbons (Fsp3) is 0.385. The molecule has 0 saturated heterocycles. The fourth-order valence-electron chi connectivity index (χ4n) is 1.96. The number of hydrogen-bond acceptors (Lipinski definition) is 4. The van der Waals surface area contributed by atoms with E-state index in [1.165, 1.54) is 0 Å². The van der Waals surface area contributed by atoms with Gasteiger partial charge in [0.25, 0.3) is 0 Å². The zero-order valence-corrected chi connectivity index (χ0v) is 10.8. The van der Waals surface area contributed by atoms with E-state index in [2.05, 4.69) is 5.32 Å². The van der Waals surface area contributed by atoms with Crippen LogP contribution in [0.2, 0.25) is 0 Å². The molecule has 0 spiro atoms. The molecule has 1 aromatic rings. The molecule has 0 amide bonds. The molecule has 1 aromatic carbocycles. The summed E-state index contributed by atoms with van der Waals surface area (Å²) in [4.78, 5) is 0.254. The van der Waals surface area contributed by atoms with Crippen LogP contribution in [0, 0.1) is 0 Å². The summed E-state index contributed by atoms with van der Waals surface area (Å²) in [7, 11) is -3.43. The van der Waals surface area contributed by atoms with Crippen LogP contribution < -0.4 is 5.32 Å². The Balaban J connectivity index is 2.08. The topological polar surface area (TPSA) is 66.4 Å². The molecular weight excluding hydrogens is 250 g/mol. The summed E-state index contributed by atoms with van der Waals surface area (Å²) >= 11 is 0. The third-order valence-electron chi connectivity index (χ3n) is 2.94. The molecule has 2 atom stereocenters. The SMILES string of the molecule is O=S(=O)(C[C@H](O)[C@H]1C=CCCN1)c1ccccc1. The van der Waals surface area contributed by atoms with Crippen LogP contribution >= 0.6 is 0 Å². The second-order valence-corrected chi connectivity index (χ2v) is 6.39. The van der Waals surface area contributed by atoms with Crippen LogP contribution in [-0.2, 0) is 9.84 Å². The summed E-state index contributed by atoms with van der Waals surface area (Å²) in [6.45, 7) is 0.767. The lowest BCUT2D eigenvalue weighted by Crippen LogP contribution is -2.43. The molecule has 1 aliphatic rings. The summed E-state index contributed by atoms with van der Waals surface area (Å²) in [5.74, 6) is -0.265. The Labute approximate surface area is 107 Å². The monoisotopic (exact) mass is 267 g/mol. The van der Waals surface area contributed by atoms with Crippen molar-refractivity contribution < 1.29 is 13.5 Å². The molecule has 98 valence electrons. The molecular formula is C13H17NO3S. The normalized spacial score (nSPS) is 21.7. The highest BCUT2D eigenvalue weighted by Gasteiger charge is 2.25. The van der Waals surface area contributed by atoms with Gasteiger partial charge in [-0.3, -0.25) is 0 Å². The maximum atomic E-state index is 12.1. The van der Waals surface area contributed by atoms with Crippen molar-refractivity contribution in [2.45, 2.75) is 23.5 Å². The highest BCUT2D eigenvalue weighted by Crippen LogP contribution is 2.13. The number of benzene rings is 1. The molecule has 0 unspecified atom stereocenters. The summed E-state index contributed by atoms with van der Waals surface area (Å²) in [6.07, 6.45) is 3.77. The van der Waals surface area contributed by atoms with E-state index >= 15 is 0 Å². The Hall–Kier alpha value is -1.17. The van der Waals surface area contributed by atoms with Gasteiger partial charge in [-0.25, -0.2) is 8.42 Å². The minimum atomic E-state index is -3.43. The second kappa shape index (κ2) is 5.65. The maximum absolute atomic E-state index is 12.1. The number of nitrogens with one attached hydrogen (secondary N) is 1. The van der Waals surface area contributed by atoms with E-state index in [0.717, 1.165) is 13.0 Å². The van der Waals surface area contributed by atoms with Crippen LogP contribution in [0.1, 0.15) is 6.42 Å². The lowest BCUT2D eigenvalue weighted by Gasteiger charge is -2.23. The van der Waals surface area contributed by atoms with Crippen molar-refractivity contribution in [1.29, 1.82) is 0 Å². The number of aliphatic hydroxyl groups is 1. The predicted octanol–water partition coefficient (Wildman–Crippen LogP) is 0.739. The van der Waals surface area contributed by atoms with Crippen LogP contribution in [0.4, 0.5) is 0 Å². The van der Waals surface area contributed by atoms with Gasteiger partial charge in [-0.2, -0.15) is 0 Å². The first-order valence-electron chi connectivity index (χ1n) is 5.95. The van der Waals surface area contributed by atoms with Gasteiger partial charge in [-0.05, 0) is 25.1 Å². The molecule has 0 aromatic heterocycles. The summed E-state index contributed by atoms with van der Waals surface area (Å²) in [5, 5.41) is 13.1. The standard InChI is InChI=1S/C13H17NO3S/c15-13(12-8-4-5-9-14-12)10-18(16,17)11-6-2-1-3-7-11/h1-4,6-8,12-15H,5,9-10H2/t12-,13+/m1/s1. The van der Waals surface area contributed by atoms with Gasteiger partial charge in [0.2, 0.25) is 0 Å².